The minimum atomic E-state index is -0.855. The molecule has 3 N–H and O–H groups in total. The number of nitrogens with one attached hydrogen (secondary N) is 1. The van der Waals surface area contributed by atoms with E-state index in [1.165, 1.54) is 225 Å². The summed E-state index contributed by atoms with van der Waals surface area (Å²) in [6.45, 7) is 4.89. The van der Waals surface area contributed by atoms with Crippen LogP contribution >= 0.6 is 0 Å². The Bertz CT molecular complexity index is 1030. The van der Waals surface area contributed by atoms with Gasteiger partial charge < -0.3 is 20.3 Å². The van der Waals surface area contributed by atoms with Crippen molar-refractivity contribution in [2.24, 2.45) is 0 Å². The van der Waals surface area contributed by atoms with Crippen molar-refractivity contribution in [2.45, 2.75) is 334 Å². The van der Waals surface area contributed by atoms with Gasteiger partial charge in [-0.3, -0.25) is 9.59 Å². The number of unbranched alkanes of at least 4 members (excludes halogenated alkanes) is 42. The molecule has 0 saturated heterocycles. The lowest BCUT2D eigenvalue weighted by molar-refractivity contribution is -0.143. The summed E-state index contributed by atoms with van der Waals surface area (Å²) in [7, 11) is 0. The Labute approximate surface area is 411 Å². The number of aliphatic hydroxyl groups excluding tert-OH is 2. The topological polar surface area (TPSA) is 95.9 Å². The van der Waals surface area contributed by atoms with Gasteiger partial charge in [-0.2, -0.15) is 0 Å². The fourth-order valence-corrected chi connectivity index (χ4v) is 9.16. The van der Waals surface area contributed by atoms with Crippen LogP contribution in [0.2, 0.25) is 0 Å². The Balaban J connectivity index is 3.50. The highest BCUT2D eigenvalue weighted by Gasteiger charge is 2.18. The van der Waals surface area contributed by atoms with Crippen LogP contribution in [0.3, 0.4) is 0 Å². The molecule has 0 aromatic heterocycles. The van der Waals surface area contributed by atoms with Crippen molar-refractivity contribution in [3.05, 3.63) is 24.3 Å². The number of hydrogen-bond acceptors (Lipinski definition) is 5. The van der Waals surface area contributed by atoms with Crippen molar-refractivity contribution in [3.63, 3.8) is 0 Å². The second kappa shape index (κ2) is 55.9. The number of aliphatic hydroxyl groups is 2. The molecule has 0 aliphatic rings. The number of esters is 1. The SMILES string of the molecule is CCCCCCCCCCCCCCCCCCCCCC/C=C/C(O)C(CO)NC(=O)CCCCCCCCC/C=C\CCCCCCOC(=O)CCCCCCCCCCCCCC. The van der Waals surface area contributed by atoms with Gasteiger partial charge in [-0.25, -0.2) is 0 Å². The van der Waals surface area contributed by atoms with E-state index in [1.807, 2.05) is 6.08 Å². The zero-order valence-corrected chi connectivity index (χ0v) is 44.4. The van der Waals surface area contributed by atoms with Crippen molar-refractivity contribution in [3.8, 4) is 0 Å². The molecule has 66 heavy (non-hydrogen) atoms. The van der Waals surface area contributed by atoms with Crippen LogP contribution < -0.4 is 5.32 Å². The first kappa shape index (κ1) is 64.3. The standard InChI is InChI=1S/C60H115NO5/c1-3-5-7-9-11-13-15-17-18-19-20-21-22-23-24-26-29-32-36-40-44-48-52-58(63)57(56-62)61-59(64)53-49-45-41-37-33-30-27-25-28-31-35-39-43-47-51-55-66-60(65)54-50-46-42-38-34-16-14-12-10-8-6-4-2/h28,31,48,52,57-58,62-63H,3-27,29-30,32-47,49-51,53-56H2,1-2H3,(H,61,64)/b31-28-,52-48+. The van der Waals surface area contributed by atoms with Crippen LogP contribution in [0.4, 0.5) is 0 Å². The molecule has 0 aromatic rings. The molecular formula is C60H115NO5. The maximum absolute atomic E-state index is 12.5. The second-order valence-electron chi connectivity index (χ2n) is 20.3. The van der Waals surface area contributed by atoms with Gasteiger partial charge >= 0.3 is 5.97 Å². The highest BCUT2D eigenvalue weighted by Crippen LogP contribution is 2.17. The summed E-state index contributed by atoms with van der Waals surface area (Å²) in [4.78, 5) is 24.5. The Morgan fingerprint density at radius 2 is 0.712 bits per heavy atom. The summed E-state index contributed by atoms with van der Waals surface area (Å²) in [6.07, 6.45) is 67.7. The third-order valence-electron chi connectivity index (χ3n) is 13.7. The zero-order valence-electron chi connectivity index (χ0n) is 44.4. The lowest BCUT2D eigenvalue weighted by atomic mass is 10.0. The molecule has 0 spiro atoms. The van der Waals surface area contributed by atoms with Gasteiger partial charge in [0.15, 0.2) is 0 Å². The van der Waals surface area contributed by atoms with Crippen LogP contribution in [-0.4, -0.2) is 47.4 Å². The lowest BCUT2D eigenvalue weighted by Crippen LogP contribution is -2.45. The molecule has 0 bridgehead atoms. The van der Waals surface area contributed by atoms with Gasteiger partial charge in [0.05, 0.1) is 25.4 Å². The number of carbonyl (C=O) groups is 2. The summed E-state index contributed by atoms with van der Waals surface area (Å²) in [6, 6.07) is -0.640. The molecule has 0 saturated carbocycles. The van der Waals surface area contributed by atoms with E-state index in [4.69, 9.17) is 4.74 Å². The highest BCUT2D eigenvalue weighted by atomic mass is 16.5. The maximum atomic E-state index is 12.5. The molecule has 390 valence electrons. The van der Waals surface area contributed by atoms with Gasteiger partial charge in [-0.15, -0.1) is 0 Å². The Kier molecular flexibility index (Phi) is 54.5. The van der Waals surface area contributed by atoms with Gasteiger partial charge in [0.1, 0.15) is 0 Å². The molecule has 1 amide bonds. The van der Waals surface area contributed by atoms with Gasteiger partial charge in [-0.05, 0) is 57.8 Å². The quantitative estimate of drug-likeness (QED) is 0.0321. The Morgan fingerprint density at radius 1 is 0.409 bits per heavy atom. The van der Waals surface area contributed by atoms with Gasteiger partial charge in [0.25, 0.3) is 0 Å². The van der Waals surface area contributed by atoms with E-state index in [1.54, 1.807) is 6.08 Å². The number of hydrogen-bond donors (Lipinski definition) is 3. The van der Waals surface area contributed by atoms with Crippen molar-refractivity contribution in [2.75, 3.05) is 13.2 Å². The molecule has 0 rings (SSSR count). The molecule has 0 aliphatic heterocycles. The van der Waals surface area contributed by atoms with E-state index in [2.05, 4.69) is 31.3 Å². The van der Waals surface area contributed by atoms with E-state index in [0.29, 0.717) is 19.4 Å². The summed E-state index contributed by atoms with van der Waals surface area (Å²) in [5, 5.41) is 23.2. The average molecular weight is 931 g/mol. The number of rotatable bonds is 55. The first-order valence-electron chi connectivity index (χ1n) is 29.6. The Morgan fingerprint density at radius 3 is 1.08 bits per heavy atom. The third kappa shape index (κ3) is 51.7. The molecule has 0 aromatic carbocycles. The van der Waals surface area contributed by atoms with Crippen molar-refractivity contribution in [1.82, 2.24) is 5.32 Å². The monoisotopic (exact) mass is 930 g/mol. The second-order valence-corrected chi connectivity index (χ2v) is 20.3. The predicted octanol–water partition coefficient (Wildman–Crippen LogP) is 18.2. The third-order valence-corrected chi connectivity index (χ3v) is 13.7. The van der Waals surface area contributed by atoms with Crippen LogP contribution in [-0.2, 0) is 14.3 Å². The molecular weight excluding hydrogens is 815 g/mol. The fraction of sp³-hybridized carbons (Fsp3) is 0.900. The summed E-state index contributed by atoms with van der Waals surface area (Å²) >= 11 is 0. The predicted molar refractivity (Wildman–Crippen MR) is 287 cm³/mol. The minimum absolute atomic E-state index is 0.0101. The summed E-state index contributed by atoms with van der Waals surface area (Å²) < 4.78 is 5.45. The van der Waals surface area contributed by atoms with Crippen molar-refractivity contribution < 1.29 is 24.5 Å². The number of ether oxygens (including phenoxy) is 1. The largest absolute Gasteiger partial charge is 0.466 e. The van der Waals surface area contributed by atoms with Gasteiger partial charge in [0, 0.05) is 12.8 Å². The van der Waals surface area contributed by atoms with E-state index in [0.717, 1.165) is 70.6 Å². The van der Waals surface area contributed by atoms with Crippen LogP contribution in [0, 0.1) is 0 Å². The zero-order chi connectivity index (χ0) is 47.9. The smallest absolute Gasteiger partial charge is 0.305 e. The van der Waals surface area contributed by atoms with Gasteiger partial charge in [0.2, 0.25) is 5.91 Å². The van der Waals surface area contributed by atoms with Crippen LogP contribution in [0.15, 0.2) is 24.3 Å². The fourth-order valence-electron chi connectivity index (χ4n) is 9.16. The highest BCUT2D eigenvalue weighted by molar-refractivity contribution is 5.76. The first-order chi connectivity index (χ1) is 32.5. The van der Waals surface area contributed by atoms with E-state index < -0.39 is 12.1 Å². The molecule has 0 heterocycles. The summed E-state index contributed by atoms with van der Waals surface area (Å²) in [5.41, 5.74) is 0. The number of allylic oxidation sites excluding steroid dienone is 3. The molecule has 0 radical (unpaired) electrons. The number of amides is 1. The maximum Gasteiger partial charge on any atom is 0.305 e. The van der Waals surface area contributed by atoms with Crippen molar-refractivity contribution >= 4 is 11.9 Å². The van der Waals surface area contributed by atoms with Crippen LogP contribution in [0.25, 0.3) is 0 Å². The summed E-state index contributed by atoms with van der Waals surface area (Å²) in [5.74, 6) is -0.0904. The molecule has 6 nitrogen and oxygen atoms in total. The van der Waals surface area contributed by atoms with Crippen LogP contribution in [0.5, 0.6) is 0 Å². The molecule has 6 heteroatoms. The van der Waals surface area contributed by atoms with E-state index in [-0.39, 0.29) is 18.5 Å². The Hall–Kier alpha value is -1.66. The molecule has 2 atom stereocenters. The van der Waals surface area contributed by atoms with Gasteiger partial charge in [-0.1, -0.05) is 276 Å². The lowest BCUT2D eigenvalue weighted by Gasteiger charge is -2.20. The molecule has 0 fully saturated rings. The van der Waals surface area contributed by atoms with E-state index in [9.17, 15) is 19.8 Å². The molecule has 0 aliphatic carbocycles. The number of carbonyl (C=O) groups excluding carboxylic acids is 2. The van der Waals surface area contributed by atoms with Crippen molar-refractivity contribution in [1.29, 1.82) is 0 Å². The molecule has 2 unspecified atom stereocenters. The first-order valence-corrected chi connectivity index (χ1v) is 29.6. The minimum Gasteiger partial charge on any atom is -0.466 e. The normalized spacial score (nSPS) is 12.7. The van der Waals surface area contributed by atoms with E-state index >= 15 is 0 Å². The van der Waals surface area contributed by atoms with Crippen LogP contribution in [0.1, 0.15) is 322 Å². The average Bonchev–Trinajstić information content (AvgIpc) is 3.32.